The van der Waals surface area contributed by atoms with Gasteiger partial charge in [0.1, 0.15) is 16.4 Å². The summed E-state index contributed by atoms with van der Waals surface area (Å²) in [5.41, 5.74) is 1.17. The van der Waals surface area contributed by atoms with Crippen LogP contribution in [0.25, 0.3) is 0 Å². The average Bonchev–Trinajstić information content (AvgIpc) is 2.52. The molecule has 7 heteroatoms. The van der Waals surface area contributed by atoms with Gasteiger partial charge >= 0.3 is 51.4 Å². The molecule has 0 heterocycles. The molecule has 0 spiro atoms. The molecule has 25 heavy (non-hydrogen) atoms. The van der Waals surface area contributed by atoms with Crippen LogP contribution in [-0.4, -0.2) is 13.0 Å². The first-order chi connectivity index (χ1) is 11.4. The van der Waals surface area contributed by atoms with Crippen LogP contribution in [0.1, 0.15) is 38.2 Å². The summed E-state index contributed by atoms with van der Waals surface area (Å²) in [5, 5.41) is 11.7. The van der Waals surface area contributed by atoms with Crippen molar-refractivity contribution in [2.75, 3.05) is 0 Å². The SMILES string of the molecule is CCCCCCc1ccc(Oc2cccc([O-])c2S(=O)(=O)O)cc1.[K+]. The van der Waals surface area contributed by atoms with Crippen LogP contribution in [0, 0.1) is 0 Å². The van der Waals surface area contributed by atoms with Crippen LogP contribution < -0.4 is 61.2 Å². The molecule has 2 aromatic carbocycles. The van der Waals surface area contributed by atoms with E-state index in [0.29, 0.717) is 5.75 Å². The number of unbranched alkanes of at least 4 members (excludes halogenated alkanes) is 3. The van der Waals surface area contributed by atoms with Crippen LogP contribution in [0.4, 0.5) is 0 Å². The Balaban J connectivity index is 0.00000312. The summed E-state index contributed by atoms with van der Waals surface area (Å²) in [7, 11) is -4.65. The van der Waals surface area contributed by atoms with Crippen molar-refractivity contribution in [3.05, 3.63) is 48.0 Å². The summed E-state index contributed by atoms with van der Waals surface area (Å²) in [6.45, 7) is 2.17. The van der Waals surface area contributed by atoms with Gasteiger partial charge in [0.25, 0.3) is 10.1 Å². The Morgan fingerprint density at radius 3 is 2.32 bits per heavy atom. The second kappa shape index (κ2) is 10.7. The summed E-state index contributed by atoms with van der Waals surface area (Å²) < 4.78 is 37.4. The van der Waals surface area contributed by atoms with E-state index in [1.54, 1.807) is 12.1 Å². The molecule has 2 rings (SSSR count). The first-order valence-electron chi connectivity index (χ1n) is 7.96. The Morgan fingerprint density at radius 2 is 1.72 bits per heavy atom. The van der Waals surface area contributed by atoms with E-state index in [2.05, 4.69) is 6.92 Å². The van der Waals surface area contributed by atoms with E-state index in [1.165, 1.54) is 37.0 Å². The van der Waals surface area contributed by atoms with E-state index in [9.17, 15) is 18.1 Å². The molecular formula is C18H21KO5S. The van der Waals surface area contributed by atoms with Gasteiger partial charge in [0, 0.05) is 0 Å². The Morgan fingerprint density at radius 1 is 1.04 bits per heavy atom. The fraction of sp³-hybridized carbons (Fsp3) is 0.333. The summed E-state index contributed by atoms with van der Waals surface area (Å²) in [6, 6.07) is 11.1. The van der Waals surface area contributed by atoms with Gasteiger partial charge in [-0.3, -0.25) is 4.55 Å². The largest absolute Gasteiger partial charge is 1.00 e. The fourth-order valence-corrected chi connectivity index (χ4v) is 3.12. The number of rotatable bonds is 8. The van der Waals surface area contributed by atoms with Gasteiger partial charge in [-0.15, -0.1) is 0 Å². The van der Waals surface area contributed by atoms with Crippen molar-refractivity contribution in [2.45, 2.75) is 43.9 Å². The molecule has 0 radical (unpaired) electrons. The van der Waals surface area contributed by atoms with E-state index in [-0.39, 0.29) is 57.1 Å². The van der Waals surface area contributed by atoms with E-state index in [0.717, 1.165) is 18.9 Å². The molecule has 0 saturated carbocycles. The Kier molecular flexibility index (Phi) is 9.65. The van der Waals surface area contributed by atoms with Crippen molar-refractivity contribution in [1.82, 2.24) is 0 Å². The third-order valence-corrected chi connectivity index (χ3v) is 4.59. The first kappa shape index (κ1) is 22.6. The Labute approximate surface area is 191 Å². The number of hydrogen-bond acceptors (Lipinski definition) is 4. The van der Waals surface area contributed by atoms with Gasteiger partial charge in [0.2, 0.25) is 0 Å². The van der Waals surface area contributed by atoms with Crippen LogP contribution in [0.15, 0.2) is 47.4 Å². The molecule has 0 unspecified atom stereocenters. The van der Waals surface area contributed by atoms with Crippen LogP contribution in [0.5, 0.6) is 17.2 Å². The minimum atomic E-state index is -4.65. The molecule has 5 nitrogen and oxygen atoms in total. The maximum Gasteiger partial charge on any atom is 1.00 e. The molecular weight excluding hydrogens is 367 g/mol. The maximum absolute atomic E-state index is 11.7. The molecule has 0 atom stereocenters. The molecule has 2 aromatic rings. The quantitative estimate of drug-likeness (QED) is 0.413. The standard InChI is InChI=1S/C18H22O5S.K/c1-2-3-4-5-7-14-10-12-15(13-11-14)23-17-9-6-8-16(19)18(17)24(20,21)22;/h6,8-13,19H,2-5,7H2,1H3,(H,20,21,22);/q;+1/p-1. The van der Waals surface area contributed by atoms with Crippen LogP contribution >= 0.6 is 0 Å². The molecule has 130 valence electrons. The predicted molar refractivity (Wildman–Crippen MR) is 90.1 cm³/mol. The number of hydrogen-bond donors (Lipinski definition) is 1. The number of aryl methyl sites for hydroxylation is 1. The van der Waals surface area contributed by atoms with Gasteiger partial charge in [-0.1, -0.05) is 56.2 Å². The second-order valence-corrected chi connectivity index (χ2v) is 6.97. The van der Waals surface area contributed by atoms with Gasteiger partial charge in [-0.25, -0.2) is 0 Å². The van der Waals surface area contributed by atoms with Gasteiger partial charge in [-0.05, 0) is 36.6 Å². The third kappa shape index (κ3) is 7.01. The van der Waals surface area contributed by atoms with Gasteiger partial charge < -0.3 is 9.84 Å². The summed E-state index contributed by atoms with van der Waals surface area (Å²) in [5.74, 6) is -0.578. The molecule has 0 saturated heterocycles. The first-order valence-corrected chi connectivity index (χ1v) is 9.40. The monoisotopic (exact) mass is 388 g/mol. The molecule has 0 aliphatic carbocycles. The van der Waals surface area contributed by atoms with Crippen molar-refractivity contribution in [3.63, 3.8) is 0 Å². The van der Waals surface area contributed by atoms with Crippen molar-refractivity contribution in [1.29, 1.82) is 0 Å². The average molecular weight is 389 g/mol. The van der Waals surface area contributed by atoms with Crippen LogP contribution in [0.3, 0.4) is 0 Å². The topological polar surface area (TPSA) is 86.7 Å². The molecule has 0 aromatic heterocycles. The number of ether oxygens (including phenoxy) is 1. The molecule has 0 bridgehead atoms. The normalized spacial score (nSPS) is 11.0. The fourth-order valence-electron chi connectivity index (χ4n) is 2.44. The van der Waals surface area contributed by atoms with Gasteiger partial charge in [0.05, 0.1) is 0 Å². The summed E-state index contributed by atoms with van der Waals surface area (Å²) in [4.78, 5) is -0.742. The Bertz CT molecular complexity index is 773. The second-order valence-electron chi connectivity index (χ2n) is 5.62. The van der Waals surface area contributed by atoms with Crippen molar-refractivity contribution in [3.8, 4) is 17.2 Å². The summed E-state index contributed by atoms with van der Waals surface area (Å²) in [6.07, 6.45) is 5.72. The van der Waals surface area contributed by atoms with E-state index in [4.69, 9.17) is 4.74 Å². The molecule has 0 aliphatic rings. The van der Waals surface area contributed by atoms with Crippen molar-refractivity contribution >= 4 is 10.1 Å². The van der Waals surface area contributed by atoms with Crippen LogP contribution in [-0.2, 0) is 16.5 Å². The predicted octanol–water partition coefficient (Wildman–Crippen LogP) is 0.926. The Hall–Kier alpha value is -0.414. The van der Waals surface area contributed by atoms with Crippen LogP contribution in [0.2, 0.25) is 0 Å². The minimum absolute atomic E-state index is 0. The van der Waals surface area contributed by atoms with Crippen molar-refractivity contribution in [2.24, 2.45) is 0 Å². The minimum Gasteiger partial charge on any atom is -0.871 e. The molecule has 0 aliphatic heterocycles. The van der Waals surface area contributed by atoms with Gasteiger partial charge in [-0.2, -0.15) is 8.42 Å². The zero-order valence-corrected chi connectivity index (χ0v) is 18.5. The third-order valence-electron chi connectivity index (χ3n) is 3.67. The molecule has 1 N–H and O–H groups in total. The smallest absolute Gasteiger partial charge is 0.871 e. The van der Waals surface area contributed by atoms with E-state index >= 15 is 0 Å². The molecule has 0 fully saturated rings. The maximum atomic E-state index is 11.7. The molecule has 0 amide bonds. The zero-order valence-electron chi connectivity index (χ0n) is 14.6. The van der Waals surface area contributed by atoms with Crippen molar-refractivity contribution < 1.29 is 74.2 Å². The zero-order chi connectivity index (χ0) is 17.6. The summed E-state index contributed by atoms with van der Waals surface area (Å²) >= 11 is 0. The van der Waals surface area contributed by atoms with E-state index < -0.39 is 20.8 Å². The number of benzene rings is 2. The van der Waals surface area contributed by atoms with E-state index in [1.807, 2.05) is 12.1 Å². The van der Waals surface area contributed by atoms with Gasteiger partial charge in [0.15, 0.2) is 0 Å².